The third-order valence-electron chi connectivity index (χ3n) is 3.48. The fraction of sp³-hybridized carbons (Fsp3) is 0. The summed E-state index contributed by atoms with van der Waals surface area (Å²) in [6, 6.07) is 12.7. The molecule has 1 aromatic heterocycles. The summed E-state index contributed by atoms with van der Waals surface area (Å²) in [5.74, 6) is -1.67. The Bertz CT molecular complexity index is 1190. The number of carbonyl (C=O) groups is 1. The molecule has 3 aromatic rings. The summed E-state index contributed by atoms with van der Waals surface area (Å²) >= 11 is 0. The molecule has 0 aliphatic carbocycles. The minimum Gasteiger partial charge on any atom is -0.744 e. The Morgan fingerprint density at radius 3 is 2.07 bits per heavy atom. The normalized spacial score (nSPS) is 10.9. The number of nitrogens with zero attached hydrogens (tertiary/aromatic N) is 3. The first kappa shape index (κ1) is 25.5. The van der Waals surface area contributed by atoms with Crippen LogP contribution >= 0.6 is 0 Å². The van der Waals surface area contributed by atoms with Gasteiger partial charge in [0.15, 0.2) is 5.69 Å². The maximum Gasteiger partial charge on any atom is 1.00 e. The van der Waals surface area contributed by atoms with Gasteiger partial charge >= 0.3 is 59.1 Å². The number of H-pyrrole nitrogens is 1. The number of azo groups is 1. The molecule has 1 N–H and O–H groups in total. The third-order valence-corrected chi connectivity index (χ3v) is 4.32. The van der Waals surface area contributed by atoms with E-state index in [0.29, 0.717) is 5.69 Å². The van der Waals surface area contributed by atoms with Crippen molar-refractivity contribution in [2.75, 3.05) is 0 Å². The van der Waals surface area contributed by atoms with Crippen LogP contribution in [-0.4, -0.2) is 28.7 Å². The number of hydrogen-bond donors (Lipinski definition) is 1. The largest absolute Gasteiger partial charge is 1.00 e. The van der Waals surface area contributed by atoms with Crippen molar-refractivity contribution in [2.45, 2.75) is 4.90 Å². The predicted molar refractivity (Wildman–Crippen MR) is 89.3 cm³/mol. The Hall–Kier alpha value is -1.57. The minimum absolute atomic E-state index is 0. The van der Waals surface area contributed by atoms with Crippen LogP contribution in [0.5, 0.6) is 0 Å². The molecule has 29 heavy (non-hydrogen) atoms. The monoisotopic (exact) mass is 432 g/mol. The van der Waals surface area contributed by atoms with Crippen LogP contribution in [0.15, 0.2) is 74.5 Å². The zero-order valence-electron chi connectivity index (χ0n) is 15.4. The Kier molecular flexibility index (Phi) is 9.18. The van der Waals surface area contributed by atoms with E-state index in [1.54, 1.807) is 30.3 Å². The summed E-state index contributed by atoms with van der Waals surface area (Å²) in [6.45, 7) is 0. The van der Waals surface area contributed by atoms with Gasteiger partial charge in [-0.2, -0.15) is 5.11 Å². The molecule has 2 aromatic carbocycles. The van der Waals surface area contributed by atoms with E-state index >= 15 is 0 Å². The average Bonchev–Trinajstić information content (AvgIpc) is 2.97. The van der Waals surface area contributed by atoms with E-state index in [1.165, 1.54) is 12.1 Å². The van der Waals surface area contributed by atoms with Crippen LogP contribution in [-0.2, 0) is 10.1 Å². The molecule has 138 valence electrons. The molecule has 0 radical (unpaired) electrons. The molecular weight excluding hydrogens is 422 g/mol. The number of aromatic nitrogens is 2. The van der Waals surface area contributed by atoms with Gasteiger partial charge in [0.25, 0.3) is 5.56 Å². The predicted octanol–water partition coefficient (Wildman–Crippen LogP) is -5.14. The van der Waals surface area contributed by atoms with E-state index in [1.807, 2.05) is 0 Å². The van der Waals surface area contributed by atoms with Crippen LogP contribution < -0.4 is 69.8 Å². The van der Waals surface area contributed by atoms with Gasteiger partial charge in [0.1, 0.15) is 15.8 Å². The number of aromatic amines is 1. The minimum atomic E-state index is -4.65. The van der Waals surface area contributed by atoms with Crippen molar-refractivity contribution in [1.29, 1.82) is 0 Å². The second-order valence-corrected chi connectivity index (χ2v) is 6.63. The van der Waals surface area contributed by atoms with Crippen LogP contribution in [0.4, 0.5) is 11.4 Å². The van der Waals surface area contributed by atoms with Crippen molar-refractivity contribution in [3.05, 3.63) is 70.6 Å². The van der Waals surface area contributed by atoms with Gasteiger partial charge in [0, 0.05) is 0 Å². The first-order chi connectivity index (χ1) is 12.8. The molecule has 0 saturated heterocycles. The molecule has 1 heterocycles. The van der Waals surface area contributed by atoms with Crippen LogP contribution in [0.1, 0.15) is 10.5 Å². The second-order valence-electron chi connectivity index (χ2n) is 5.25. The number of nitrogens with one attached hydrogen (secondary N) is 1. The molecule has 0 aliphatic heterocycles. The maximum absolute atomic E-state index is 12.5. The average molecular weight is 432 g/mol. The van der Waals surface area contributed by atoms with E-state index in [-0.39, 0.29) is 64.8 Å². The third kappa shape index (κ3) is 5.96. The van der Waals surface area contributed by atoms with Crippen molar-refractivity contribution in [3.63, 3.8) is 0 Å². The molecule has 0 unspecified atom stereocenters. The number of hydrogen-bond acceptors (Lipinski definition) is 8. The van der Waals surface area contributed by atoms with Gasteiger partial charge in [-0.05, 0) is 36.4 Å². The summed E-state index contributed by atoms with van der Waals surface area (Å²) in [4.78, 5) is 23.3. The molecule has 13 heteroatoms. The van der Waals surface area contributed by atoms with Crippen molar-refractivity contribution in [1.82, 2.24) is 9.78 Å². The summed E-state index contributed by atoms with van der Waals surface area (Å²) < 4.78 is 33.7. The van der Waals surface area contributed by atoms with E-state index in [9.17, 15) is 27.7 Å². The van der Waals surface area contributed by atoms with Crippen molar-refractivity contribution in [2.24, 2.45) is 10.2 Å². The second kappa shape index (κ2) is 10.5. The van der Waals surface area contributed by atoms with Crippen LogP contribution in [0.3, 0.4) is 0 Å². The molecule has 0 bridgehead atoms. The van der Waals surface area contributed by atoms with Crippen molar-refractivity contribution < 1.29 is 82.0 Å². The van der Waals surface area contributed by atoms with Crippen molar-refractivity contribution in [3.8, 4) is 5.69 Å². The van der Waals surface area contributed by atoms with E-state index in [4.69, 9.17) is 0 Å². The molecule has 0 amide bonds. The fourth-order valence-corrected chi connectivity index (χ4v) is 2.68. The molecule has 0 aliphatic rings. The van der Waals surface area contributed by atoms with Gasteiger partial charge in [0.05, 0.1) is 22.2 Å². The Labute approximate surface area is 209 Å². The molecular formula is C16H10N4Na2O6S. The van der Waals surface area contributed by atoms with Crippen LogP contribution in [0.25, 0.3) is 5.69 Å². The van der Waals surface area contributed by atoms with E-state index < -0.39 is 37.9 Å². The number of carbonyl (C=O) groups excluding carboxylic acids is 1. The Balaban J connectivity index is 0.00000210. The molecule has 0 fully saturated rings. The number of aromatic carboxylic acids is 1. The summed E-state index contributed by atoms with van der Waals surface area (Å²) in [5.41, 5.74) is -1.43. The van der Waals surface area contributed by atoms with Gasteiger partial charge < -0.3 is 14.5 Å². The number of rotatable bonds is 5. The topological polar surface area (TPSA) is 160 Å². The first-order valence-corrected chi connectivity index (χ1v) is 8.77. The summed E-state index contributed by atoms with van der Waals surface area (Å²) in [6.07, 6.45) is 0. The number of benzene rings is 2. The van der Waals surface area contributed by atoms with Crippen LogP contribution in [0, 0.1) is 0 Å². The van der Waals surface area contributed by atoms with E-state index in [2.05, 4.69) is 15.3 Å². The Morgan fingerprint density at radius 1 is 0.966 bits per heavy atom. The smallest absolute Gasteiger partial charge is 0.744 e. The van der Waals surface area contributed by atoms with E-state index in [0.717, 1.165) is 16.8 Å². The summed E-state index contributed by atoms with van der Waals surface area (Å²) in [5, 5.41) is 21.1. The zero-order chi connectivity index (χ0) is 19.6. The fourth-order valence-electron chi connectivity index (χ4n) is 2.21. The molecule has 10 nitrogen and oxygen atoms in total. The standard InChI is InChI=1S/C16H12N4O6S.2Na/c21-15-13(18-17-10-4-2-1-3-5-10)14(16(22)23)19-20(15)11-6-8-12(9-7-11)27(24,25)26;;/h1-9,19H,(H,22,23)(H,24,25,26);;/q;2*+1/p-2. The Morgan fingerprint density at radius 2 is 1.55 bits per heavy atom. The molecule has 0 spiro atoms. The molecule has 0 atom stereocenters. The maximum atomic E-state index is 12.5. The van der Waals surface area contributed by atoms with Crippen molar-refractivity contribution >= 4 is 27.5 Å². The van der Waals surface area contributed by atoms with Gasteiger partial charge in [-0.3, -0.25) is 9.89 Å². The zero-order valence-corrected chi connectivity index (χ0v) is 20.2. The number of carboxylic acids is 1. The molecule has 3 rings (SSSR count). The van der Waals surface area contributed by atoms with Gasteiger partial charge in [-0.15, -0.1) is 5.11 Å². The van der Waals surface area contributed by atoms with Crippen LogP contribution in [0.2, 0.25) is 0 Å². The summed E-state index contributed by atoms with van der Waals surface area (Å²) in [7, 11) is -4.65. The number of carboxylic acid groups (broad SMARTS) is 1. The molecule has 0 saturated carbocycles. The van der Waals surface area contributed by atoms with Gasteiger partial charge in [-0.1, -0.05) is 18.2 Å². The quantitative estimate of drug-likeness (QED) is 0.241. The SMILES string of the molecule is O=C([O-])c1[nH]n(-c2ccc(S(=O)(=O)[O-])cc2)c(=O)c1N=Nc1ccccc1.[Na+].[Na+]. The van der Waals surface area contributed by atoms with Gasteiger partial charge in [0.2, 0.25) is 0 Å². The first-order valence-electron chi connectivity index (χ1n) is 7.37. The van der Waals surface area contributed by atoms with Gasteiger partial charge in [-0.25, -0.2) is 13.1 Å².